The third-order valence-electron chi connectivity index (χ3n) is 1.53. The summed E-state index contributed by atoms with van der Waals surface area (Å²) in [5, 5.41) is 0. The van der Waals surface area contributed by atoms with Crippen LogP contribution in [0.1, 0.15) is 18.9 Å². The van der Waals surface area contributed by atoms with Gasteiger partial charge in [0.05, 0.1) is 0 Å². The van der Waals surface area contributed by atoms with Gasteiger partial charge in [0.25, 0.3) is 0 Å². The molecule has 1 rings (SSSR count). The number of anilines is 1. The van der Waals surface area contributed by atoms with Crippen LogP contribution in [0, 0.1) is 17.7 Å². The number of pyridine rings is 1. The van der Waals surface area contributed by atoms with Crippen molar-refractivity contribution in [3.8, 4) is 11.8 Å². The Balaban J connectivity index is 0. The third-order valence-corrected chi connectivity index (χ3v) is 1.53. The van der Waals surface area contributed by atoms with Gasteiger partial charge in [0, 0.05) is 24.2 Å². The highest BCUT2D eigenvalue weighted by Gasteiger charge is 1.98. The molecule has 16 heavy (non-hydrogen) atoms. The van der Waals surface area contributed by atoms with Crippen LogP contribution >= 0.6 is 24.8 Å². The van der Waals surface area contributed by atoms with Gasteiger partial charge in [-0.1, -0.05) is 11.8 Å². The van der Waals surface area contributed by atoms with E-state index in [1.807, 2.05) is 6.92 Å². The van der Waals surface area contributed by atoms with E-state index in [9.17, 15) is 4.39 Å². The van der Waals surface area contributed by atoms with Crippen LogP contribution in [-0.4, -0.2) is 11.0 Å². The van der Waals surface area contributed by atoms with Gasteiger partial charge in [-0.3, -0.25) is 0 Å². The molecule has 1 heterocycles. The first-order valence-corrected chi connectivity index (χ1v) is 4.25. The van der Waals surface area contributed by atoms with Crippen molar-refractivity contribution in [2.75, 3.05) is 5.73 Å². The Morgan fingerprint density at radius 1 is 1.50 bits per heavy atom. The maximum atomic E-state index is 12.9. The molecule has 1 atom stereocenters. The number of rotatable bonds is 1. The van der Waals surface area contributed by atoms with E-state index >= 15 is 0 Å². The van der Waals surface area contributed by atoms with Crippen LogP contribution in [0.4, 0.5) is 10.2 Å². The number of halogens is 3. The molecule has 0 aliphatic carbocycles. The summed E-state index contributed by atoms with van der Waals surface area (Å²) in [6, 6.07) is 1.28. The standard InChI is InChI=1S/C10H12FN3.2ClH/c1-7(12)3-2-4-8-5-9(11)10(13)14-6-8;;/h5-7H,3,12H2,1H3,(H2,13,14);2*1H/t7-;;/m0../s1. The lowest BCUT2D eigenvalue weighted by molar-refractivity contribution is 0.626. The van der Waals surface area contributed by atoms with Crippen LogP contribution in [0.5, 0.6) is 0 Å². The molecule has 3 nitrogen and oxygen atoms in total. The van der Waals surface area contributed by atoms with Crippen molar-refractivity contribution in [2.45, 2.75) is 19.4 Å². The average molecular weight is 266 g/mol. The second-order valence-electron chi connectivity index (χ2n) is 3.07. The van der Waals surface area contributed by atoms with E-state index in [2.05, 4.69) is 16.8 Å². The normalized spacial score (nSPS) is 10.2. The summed E-state index contributed by atoms with van der Waals surface area (Å²) in [4.78, 5) is 3.65. The van der Waals surface area contributed by atoms with Gasteiger partial charge in [-0.05, 0) is 13.0 Å². The first kappa shape index (κ1) is 17.4. The van der Waals surface area contributed by atoms with Crippen LogP contribution in [-0.2, 0) is 0 Å². The molecule has 0 unspecified atom stereocenters. The van der Waals surface area contributed by atoms with Gasteiger partial charge in [-0.15, -0.1) is 24.8 Å². The molecule has 6 heteroatoms. The molecule has 0 radical (unpaired) electrons. The van der Waals surface area contributed by atoms with Gasteiger partial charge in [-0.25, -0.2) is 9.37 Å². The predicted molar refractivity (Wildman–Crippen MR) is 68.2 cm³/mol. The lowest BCUT2D eigenvalue weighted by Gasteiger charge is -1.96. The highest BCUT2D eigenvalue weighted by atomic mass is 35.5. The van der Waals surface area contributed by atoms with Crippen LogP contribution in [0.25, 0.3) is 0 Å². The molecule has 0 spiro atoms. The molecule has 0 fully saturated rings. The van der Waals surface area contributed by atoms with Crippen molar-refractivity contribution in [3.05, 3.63) is 23.6 Å². The molecule has 0 aliphatic heterocycles. The minimum absolute atomic E-state index is 0. The van der Waals surface area contributed by atoms with Crippen molar-refractivity contribution < 1.29 is 4.39 Å². The van der Waals surface area contributed by atoms with Gasteiger partial charge in [-0.2, -0.15) is 0 Å². The zero-order valence-corrected chi connectivity index (χ0v) is 10.4. The molecule has 90 valence electrons. The number of hydrogen-bond donors (Lipinski definition) is 2. The van der Waals surface area contributed by atoms with Crippen molar-refractivity contribution in [1.29, 1.82) is 0 Å². The fourth-order valence-electron chi connectivity index (χ4n) is 0.831. The highest BCUT2D eigenvalue weighted by Crippen LogP contribution is 2.06. The molecule has 4 N–H and O–H groups in total. The molecule has 0 amide bonds. The van der Waals surface area contributed by atoms with E-state index in [0.717, 1.165) is 0 Å². The number of nitrogens with zero attached hydrogens (tertiary/aromatic N) is 1. The van der Waals surface area contributed by atoms with Crippen LogP contribution in [0.15, 0.2) is 12.3 Å². The number of aromatic nitrogens is 1. The second-order valence-corrected chi connectivity index (χ2v) is 3.07. The zero-order valence-electron chi connectivity index (χ0n) is 8.74. The van der Waals surface area contributed by atoms with Gasteiger partial charge >= 0.3 is 0 Å². The Hall–Kier alpha value is -1.02. The van der Waals surface area contributed by atoms with E-state index in [0.29, 0.717) is 12.0 Å². The van der Waals surface area contributed by atoms with E-state index < -0.39 is 5.82 Å². The molecule has 1 aromatic rings. The largest absolute Gasteiger partial charge is 0.381 e. The van der Waals surface area contributed by atoms with Gasteiger partial charge in [0.15, 0.2) is 11.6 Å². The average Bonchev–Trinajstić information content (AvgIpc) is 2.10. The number of hydrogen-bond acceptors (Lipinski definition) is 3. The second kappa shape index (κ2) is 8.17. The summed E-state index contributed by atoms with van der Waals surface area (Å²) < 4.78 is 12.9. The maximum Gasteiger partial charge on any atom is 0.166 e. The Morgan fingerprint density at radius 2 is 2.12 bits per heavy atom. The molecular formula is C10H14Cl2FN3. The monoisotopic (exact) mass is 265 g/mol. The molecular weight excluding hydrogens is 252 g/mol. The zero-order chi connectivity index (χ0) is 10.6. The number of nitrogen functional groups attached to an aromatic ring is 1. The van der Waals surface area contributed by atoms with E-state index in [-0.39, 0.29) is 36.7 Å². The van der Waals surface area contributed by atoms with Crippen molar-refractivity contribution >= 4 is 30.6 Å². The van der Waals surface area contributed by atoms with Crippen LogP contribution < -0.4 is 11.5 Å². The first-order valence-electron chi connectivity index (χ1n) is 4.25. The molecule has 1 aromatic heterocycles. The third kappa shape index (κ3) is 5.76. The molecule has 0 saturated carbocycles. The Labute approximate surface area is 107 Å². The fraction of sp³-hybridized carbons (Fsp3) is 0.300. The minimum Gasteiger partial charge on any atom is -0.381 e. The van der Waals surface area contributed by atoms with Gasteiger partial charge < -0.3 is 11.5 Å². The summed E-state index contributed by atoms with van der Waals surface area (Å²) in [6.07, 6.45) is 2.01. The van der Waals surface area contributed by atoms with Crippen molar-refractivity contribution in [2.24, 2.45) is 5.73 Å². The topological polar surface area (TPSA) is 64.9 Å². The molecule has 0 bridgehead atoms. The van der Waals surface area contributed by atoms with E-state index in [1.54, 1.807) is 0 Å². The summed E-state index contributed by atoms with van der Waals surface area (Å²) in [6.45, 7) is 1.86. The summed E-state index contributed by atoms with van der Waals surface area (Å²) in [5.74, 6) is 4.93. The molecule has 0 aliphatic rings. The van der Waals surface area contributed by atoms with Crippen LogP contribution in [0.3, 0.4) is 0 Å². The molecule has 0 saturated heterocycles. The Morgan fingerprint density at radius 3 is 2.62 bits per heavy atom. The van der Waals surface area contributed by atoms with E-state index in [4.69, 9.17) is 11.5 Å². The smallest absolute Gasteiger partial charge is 0.166 e. The summed E-state index contributed by atoms with van der Waals surface area (Å²) in [7, 11) is 0. The van der Waals surface area contributed by atoms with E-state index in [1.165, 1.54) is 12.3 Å². The lowest BCUT2D eigenvalue weighted by atomic mass is 10.2. The van der Waals surface area contributed by atoms with Crippen molar-refractivity contribution in [3.63, 3.8) is 0 Å². The van der Waals surface area contributed by atoms with Gasteiger partial charge in [0.1, 0.15) is 0 Å². The summed E-state index contributed by atoms with van der Waals surface area (Å²) in [5.41, 5.74) is 11.2. The van der Waals surface area contributed by atoms with Crippen molar-refractivity contribution in [1.82, 2.24) is 4.98 Å². The van der Waals surface area contributed by atoms with Crippen LogP contribution in [0.2, 0.25) is 0 Å². The highest BCUT2D eigenvalue weighted by molar-refractivity contribution is 5.85. The SMILES string of the molecule is C[C@H](N)CC#Cc1cnc(N)c(F)c1.Cl.Cl. The number of nitrogens with two attached hydrogens (primary N) is 2. The summed E-state index contributed by atoms with van der Waals surface area (Å²) >= 11 is 0. The van der Waals surface area contributed by atoms with Gasteiger partial charge in [0.2, 0.25) is 0 Å². The Kier molecular flexibility index (Phi) is 8.87. The fourth-order valence-corrected chi connectivity index (χ4v) is 0.831. The minimum atomic E-state index is -0.544. The molecule has 0 aromatic carbocycles. The predicted octanol–water partition coefficient (Wildman–Crippen LogP) is 1.74. The quantitative estimate of drug-likeness (QED) is 0.761. The first-order chi connectivity index (χ1) is 6.59. The Bertz CT molecular complexity index is 385. The lowest BCUT2D eigenvalue weighted by Crippen LogP contribution is -2.12. The maximum absolute atomic E-state index is 12.9.